The highest BCUT2D eigenvalue weighted by atomic mass is 16.6. The molecule has 2 aliphatic rings. The van der Waals surface area contributed by atoms with Crippen LogP contribution in [0.5, 0.6) is 5.75 Å². The first-order valence-electron chi connectivity index (χ1n) is 10.1. The van der Waals surface area contributed by atoms with Gasteiger partial charge in [-0.1, -0.05) is 22.4 Å². The van der Waals surface area contributed by atoms with Gasteiger partial charge in [-0.3, -0.25) is 9.59 Å². The smallest absolute Gasteiger partial charge is 0.257 e. The molecule has 2 atom stereocenters. The fourth-order valence-corrected chi connectivity index (χ4v) is 4.43. The molecule has 8 heteroatoms. The number of aryl methyl sites for hydroxylation is 1. The molecule has 0 spiro atoms. The fraction of sp³-hybridized carbons (Fsp3) is 0.524. The number of ether oxygens (including phenoxy) is 1. The topological polar surface area (TPSA) is 97.6 Å². The van der Waals surface area contributed by atoms with E-state index in [4.69, 9.17) is 9.37 Å². The second kappa shape index (κ2) is 7.85. The number of nitrogens with zero attached hydrogens (tertiary/aromatic N) is 3. The van der Waals surface area contributed by atoms with Crippen LogP contribution >= 0.6 is 0 Å². The summed E-state index contributed by atoms with van der Waals surface area (Å²) in [5, 5.41) is 10.7. The van der Waals surface area contributed by atoms with Crippen LogP contribution in [0.2, 0.25) is 0 Å². The number of carbonyl (C=O) groups is 2. The van der Waals surface area contributed by atoms with E-state index in [9.17, 15) is 9.59 Å². The molecule has 2 fully saturated rings. The Morgan fingerprint density at radius 2 is 2.17 bits per heavy atom. The lowest BCUT2D eigenvalue weighted by molar-refractivity contribution is -0.123. The largest absolute Gasteiger partial charge is 0.486 e. The number of benzene rings is 1. The Morgan fingerprint density at radius 3 is 2.97 bits per heavy atom. The summed E-state index contributed by atoms with van der Waals surface area (Å²) >= 11 is 0. The van der Waals surface area contributed by atoms with Crippen LogP contribution in [0.1, 0.15) is 60.8 Å². The zero-order valence-electron chi connectivity index (χ0n) is 16.8. The third-order valence-electron chi connectivity index (χ3n) is 6.00. The van der Waals surface area contributed by atoms with E-state index in [2.05, 4.69) is 22.6 Å². The molecule has 2 aromatic rings. The number of carbonyl (C=O) groups excluding carboxylic acids is 2. The van der Waals surface area contributed by atoms with E-state index in [1.54, 1.807) is 19.1 Å². The van der Waals surface area contributed by atoms with E-state index in [0.29, 0.717) is 35.7 Å². The highest BCUT2D eigenvalue weighted by Crippen LogP contribution is 2.35. The van der Waals surface area contributed by atoms with Crippen molar-refractivity contribution >= 4 is 11.8 Å². The summed E-state index contributed by atoms with van der Waals surface area (Å²) in [4.78, 5) is 27.6. The van der Waals surface area contributed by atoms with Crippen LogP contribution < -0.4 is 10.1 Å². The molecule has 0 radical (unpaired) electrons. The Bertz CT molecular complexity index is 912. The third-order valence-corrected chi connectivity index (χ3v) is 6.00. The Hall–Kier alpha value is -2.90. The molecule has 2 aliphatic heterocycles. The predicted octanol–water partition coefficient (Wildman–Crippen LogP) is 2.62. The summed E-state index contributed by atoms with van der Waals surface area (Å²) in [6, 6.07) is 7.22. The molecule has 1 aromatic carbocycles. The minimum atomic E-state index is -0.388. The average molecular weight is 398 g/mol. The van der Waals surface area contributed by atoms with Gasteiger partial charge in [-0.2, -0.15) is 0 Å². The lowest BCUT2D eigenvalue weighted by atomic mass is 9.80. The number of amides is 2. The molecule has 0 saturated carbocycles. The van der Waals surface area contributed by atoms with Crippen LogP contribution in [0.4, 0.5) is 0 Å². The van der Waals surface area contributed by atoms with Gasteiger partial charge in [0.1, 0.15) is 23.7 Å². The first-order chi connectivity index (χ1) is 14.0. The van der Waals surface area contributed by atoms with Crippen LogP contribution in [-0.2, 0) is 11.4 Å². The van der Waals surface area contributed by atoms with Crippen molar-refractivity contribution in [1.29, 1.82) is 0 Å². The van der Waals surface area contributed by atoms with Gasteiger partial charge >= 0.3 is 0 Å². The molecule has 2 amide bonds. The Morgan fingerprint density at radius 1 is 1.34 bits per heavy atom. The number of piperidine rings is 1. The van der Waals surface area contributed by atoms with E-state index in [1.165, 1.54) is 0 Å². The first-order valence-corrected chi connectivity index (χ1v) is 10.1. The number of para-hydroxylation sites is 1. The fourth-order valence-electron chi connectivity index (χ4n) is 4.43. The quantitative estimate of drug-likeness (QED) is 0.850. The van der Waals surface area contributed by atoms with Crippen molar-refractivity contribution in [2.75, 3.05) is 6.54 Å². The number of fused-ring (bicyclic) bond motifs is 1. The first kappa shape index (κ1) is 19.4. The van der Waals surface area contributed by atoms with E-state index >= 15 is 0 Å². The van der Waals surface area contributed by atoms with Gasteiger partial charge < -0.3 is 15.0 Å². The van der Waals surface area contributed by atoms with Gasteiger partial charge in [-0.15, -0.1) is 0 Å². The summed E-state index contributed by atoms with van der Waals surface area (Å²) < 4.78 is 10.6. The van der Waals surface area contributed by atoms with E-state index in [0.717, 1.165) is 25.7 Å². The second-order valence-corrected chi connectivity index (χ2v) is 8.06. The average Bonchev–Trinajstić information content (AvgIpc) is 3.04. The van der Waals surface area contributed by atoms with Gasteiger partial charge in [-0.25, -0.2) is 4.63 Å². The second-order valence-electron chi connectivity index (χ2n) is 8.06. The molecule has 4 rings (SSSR count). The maximum Gasteiger partial charge on any atom is 0.257 e. The standard InChI is InChI=1S/C21H26N4O4/c1-14-16(24-29-23-14)13-28-17-8-4-3-7-15(17)20(27)25-12-6-11-21(2)18(25)9-5-10-19(26)22-21/h3-4,7-8,18H,5-6,9-13H2,1-2H3,(H,22,26)/t18-,21-/m0/s1. The van der Waals surface area contributed by atoms with Crippen molar-refractivity contribution in [2.45, 2.75) is 64.1 Å². The summed E-state index contributed by atoms with van der Waals surface area (Å²) in [5.74, 6) is 0.511. The molecule has 3 heterocycles. The molecule has 154 valence electrons. The molecule has 0 bridgehead atoms. The summed E-state index contributed by atoms with van der Waals surface area (Å²) in [6.45, 7) is 4.71. The van der Waals surface area contributed by atoms with Crippen LogP contribution in [0.15, 0.2) is 28.9 Å². The number of aromatic nitrogens is 2. The molecule has 1 aromatic heterocycles. The van der Waals surface area contributed by atoms with Crippen LogP contribution in [0.3, 0.4) is 0 Å². The van der Waals surface area contributed by atoms with Gasteiger partial charge in [0.15, 0.2) is 0 Å². The number of hydrogen-bond acceptors (Lipinski definition) is 6. The molecule has 0 aliphatic carbocycles. The van der Waals surface area contributed by atoms with E-state index in [1.807, 2.05) is 17.0 Å². The third kappa shape index (κ3) is 3.83. The molecule has 1 N–H and O–H groups in total. The summed E-state index contributed by atoms with van der Waals surface area (Å²) in [6.07, 6.45) is 3.84. The molecule has 2 saturated heterocycles. The normalized spacial score (nSPS) is 24.4. The van der Waals surface area contributed by atoms with Gasteiger partial charge in [0, 0.05) is 13.0 Å². The monoisotopic (exact) mass is 398 g/mol. The molecule has 29 heavy (non-hydrogen) atoms. The number of likely N-dealkylation sites (tertiary alicyclic amines) is 1. The van der Waals surface area contributed by atoms with E-state index < -0.39 is 0 Å². The number of rotatable bonds is 4. The SMILES string of the molecule is Cc1nonc1COc1ccccc1C(=O)N1CCC[C@]2(C)NC(=O)CCC[C@H]12. The predicted molar refractivity (Wildman–Crippen MR) is 104 cm³/mol. The Balaban J connectivity index is 1.57. The molecule has 0 unspecified atom stereocenters. The van der Waals surface area contributed by atoms with Crippen molar-refractivity contribution in [3.05, 3.63) is 41.2 Å². The lowest BCUT2D eigenvalue weighted by Crippen LogP contribution is -2.63. The van der Waals surface area contributed by atoms with Crippen molar-refractivity contribution in [1.82, 2.24) is 20.5 Å². The van der Waals surface area contributed by atoms with Crippen molar-refractivity contribution in [2.24, 2.45) is 0 Å². The van der Waals surface area contributed by atoms with Gasteiger partial charge in [0.25, 0.3) is 5.91 Å². The lowest BCUT2D eigenvalue weighted by Gasteiger charge is -2.47. The van der Waals surface area contributed by atoms with Crippen molar-refractivity contribution in [3.63, 3.8) is 0 Å². The van der Waals surface area contributed by atoms with Gasteiger partial charge in [-0.05, 0) is 51.7 Å². The van der Waals surface area contributed by atoms with Crippen LogP contribution in [0.25, 0.3) is 0 Å². The molecular weight excluding hydrogens is 372 g/mol. The minimum absolute atomic E-state index is 0.0229. The van der Waals surface area contributed by atoms with Crippen LogP contribution in [-0.4, -0.2) is 45.2 Å². The van der Waals surface area contributed by atoms with Crippen LogP contribution in [0, 0.1) is 6.92 Å². The van der Waals surface area contributed by atoms with Crippen molar-refractivity contribution in [3.8, 4) is 5.75 Å². The highest BCUT2D eigenvalue weighted by molar-refractivity contribution is 5.97. The maximum absolute atomic E-state index is 13.5. The molecule has 8 nitrogen and oxygen atoms in total. The van der Waals surface area contributed by atoms with Crippen molar-refractivity contribution < 1.29 is 19.0 Å². The van der Waals surface area contributed by atoms with Gasteiger partial charge in [0.05, 0.1) is 17.1 Å². The maximum atomic E-state index is 13.5. The zero-order valence-corrected chi connectivity index (χ0v) is 16.8. The number of nitrogens with one attached hydrogen (secondary N) is 1. The highest BCUT2D eigenvalue weighted by Gasteiger charge is 2.45. The van der Waals surface area contributed by atoms with E-state index in [-0.39, 0.29) is 30.0 Å². The minimum Gasteiger partial charge on any atom is -0.486 e. The zero-order chi connectivity index (χ0) is 20.4. The summed E-state index contributed by atoms with van der Waals surface area (Å²) in [5.41, 5.74) is 1.39. The summed E-state index contributed by atoms with van der Waals surface area (Å²) in [7, 11) is 0. The van der Waals surface area contributed by atoms with Gasteiger partial charge in [0.2, 0.25) is 5.91 Å². The number of hydrogen-bond donors (Lipinski definition) is 1. The molecular formula is C21H26N4O4. The Labute approximate surface area is 169 Å². The Kier molecular flexibility index (Phi) is 5.25.